The minimum atomic E-state index is 0.337. The van der Waals surface area contributed by atoms with Crippen LogP contribution in [0.15, 0.2) is 66.7 Å². The van der Waals surface area contributed by atoms with Crippen LogP contribution in [0.4, 0.5) is 5.82 Å². The van der Waals surface area contributed by atoms with E-state index >= 15 is 0 Å². The molecule has 43 heavy (non-hydrogen) atoms. The average molecular weight is 580 g/mol. The van der Waals surface area contributed by atoms with Crippen LogP contribution in [0, 0.1) is 5.92 Å². The number of piperidine rings is 4. The lowest BCUT2D eigenvalue weighted by atomic mass is 9.86. The standard InChI is InChI=1S/C35H41N5O3/c1-41-28-9-5-26(6-10-28)34-31-12-11-30(42-2)21-32(31)35(38-37-34)36-27-15-19-39(20-16-27)22-24-3-7-29(8-4-24)43-33-23-40-17-13-25(33)14-18-40/h3-12,21,25,27,33H,13-20,22-23H2,1-2H3,(H,36,38). The number of aromatic nitrogens is 2. The molecular formula is C35H41N5O3. The zero-order valence-corrected chi connectivity index (χ0v) is 25.2. The number of methoxy groups -OCH3 is 2. The highest BCUT2D eigenvalue weighted by molar-refractivity contribution is 6.00. The molecule has 0 radical (unpaired) electrons. The predicted molar refractivity (Wildman–Crippen MR) is 170 cm³/mol. The van der Waals surface area contributed by atoms with Crippen molar-refractivity contribution in [2.24, 2.45) is 5.92 Å². The Bertz CT molecular complexity index is 1530. The molecule has 1 unspecified atom stereocenters. The van der Waals surface area contributed by atoms with E-state index in [1.807, 2.05) is 30.3 Å². The molecule has 0 spiro atoms. The number of likely N-dealkylation sites (tertiary alicyclic amines) is 1. The molecule has 0 aliphatic carbocycles. The second-order valence-corrected chi connectivity index (χ2v) is 12.2. The van der Waals surface area contributed by atoms with Crippen LogP contribution >= 0.6 is 0 Å². The number of hydrogen-bond acceptors (Lipinski definition) is 8. The molecule has 0 saturated carbocycles. The Hall–Kier alpha value is -3.88. The van der Waals surface area contributed by atoms with Gasteiger partial charge >= 0.3 is 0 Å². The first-order valence-corrected chi connectivity index (χ1v) is 15.6. The molecule has 4 fully saturated rings. The highest BCUT2D eigenvalue weighted by atomic mass is 16.5. The van der Waals surface area contributed by atoms with Gasteiger partial charge < -0.3 is 19.5 Å². The van der Waals surface area contributed by atoms with E-state index in [-0.39, 0.29) is 0 Å². The predicted octanol–water partition coefficient (Wildman–Crippen LogP) is 5.86. The summed E-state index contributed by atoms with van der Waals surface area (Å²) in [6, 6.07) is 23.2. The maximum atomic E-state index is 6.40. The Balaban J connectivity index is 0.976. The van der Waals surface area contributed by atoms with Crippen LogP contribution in [0.5, 0.6) is 17.2 Å². The first kappa shape index (κ1) is 27.9. The van der Waals surface area contributed by atoms with E-state index in [0.29, 0.717) is 12.1 Å². The average Bonchev–Trinajstić information content (AvgIpc) is 3.07. The van der Waals surface area contributed by atoms with Gasteiger partial charge in [-0.3, -0.25) is 9.80 Å². The summed E-state index contributed by atoms with van der Waals surface area (Å²) in [5.74, 6) is 4.16. The number of nitrogens with zero attached hydrogens (tertiary/aromatic N) is 4. The van der Waals surface area contributed by atoms with Crippen molar-refractivity contribution in [1.29, 1.82) is 0 Å². The lowest BCUT2D eigenvalue weighted by Gasteiger charge is -2.44. The van der Waals surface area contributed by atoms with Crippen LogP contribution in [-0.4, -0.2) is 79.1 Å². The van der Waals surface area contributed by atoms with Crippen LogP contribution in [-0.2, 0) is 6.54 Å². The third-order valence-corrected chi connectivity index (χ3v) is 9.49. The normalized spacial score (nSPS) is 22.4. The van der Waals surface area contributed by atoms with Crippen LogP contribution in [0.3, 0.4) is 0 Å². The van der Waals surface area contributed by atoms with Crippen molar-refractivity contribution >= 4 is 16.6 Å². The highest BCUT2D eigenvalue weighted by Gasteiger charge is 2.35. The summed E-state index contributed by atoms with van der Waals surface area (Å²) in [5.41, 5.74) is 3.19. The Morgan fingerprint density at radius 1 is 0.744 bits per heavy atom. The fourth-order valence-corrected chi connectivity index (χ4v) is 6.91. The van der Waals surface area contributed by atoms with E-state index in [1.54, 1.807) is 14.2 Å². The van der Waals surface area contributed by atoms with Crippen molar-refractivity contribution in [2.45, 2.75) is 44.4 Å². The van der Waals surface area contributed by atoms with Gasteiger partial charge in [-0.15, -0.1) is 10.2 Å². The summed E-state index contributed by atoms with van der Waals surface area (Å²) in [4.78, 5) is 5.09. The van der Waals surface area contributed by atoms with Gasteiger partial charge in [0, 0.05) is 48.6 Å². The van der Waals surface area contributed by atoms with Crippen molar-refractivity contribution in [3.63, 3.8) is 0 Å². The lowest BCUT2D eigenvalue weighted by Crippen LogP contribution is -2.52. The zero-order chi connectivity index (χ0) is 29.2. The van der Waals surface area contributed by atoms with Gasteiger partial charge in [-0.2, -0.15) is 0 Å². The van der Waals surface area contributed by atoms with E-state index in [4.69, 9.17) is 14.2 Å². The summed E-state index contributed by atoms with van der Waals surface area (Å²) in [6.07, 6.45) is 5.00. The molecule has 0 amide bonds. The molecule has 1 atom stereocenters. The topological polar surface area (TPSA) is 72.0 Å². The largest absolute Gasteiger partial charge is 0.497 e. The lowest BCUT2D eigenvalue weighted by molar-refractivity contribution is -0.00777. The van der Waals surface area contributed by atoms with Crippen molar-refractivity contribution in [3.8, 4) is 28.5 Å². The molecule has 224 valence electrons. The highest BCUT2D eigenvalue weighted by Crippen LogP contribution is 2.34. The van der Waals surface area contributed by atoms with Gasteiger partial charge in [0.05, 0.1) is 14.2 Å². The van der Waals surface area contributed by atoms with Gasteiger partial charge in [0.1, 0.15) is 29.0 Å². The number of ether oxygens (including phenoxy) is 3. The molecular weight excluding hydrogens is 538 g/mol. The third-order valence-electron chi connectivity index (χ3n) is 9.49. The summed E-state index contributed by atoms with van der Waals surface area (Å²) in [6.45, 7) is 6.60. The van der Waals surface area contributed by atoms with Gasteiger partial charge in [0.15, 0.2) is 5.82 Å². The number of nitrogens with one attached hydrogen (secondary N) is 1. The number of hydrogen-bond donors (Lipinski definition) is 1. The molecule has 1 N–H and O–H groups in total. The first-order valence-electron chi connectivity index (χ1n) is 15.6. The molecule has 8 heteroatoms. The van der Waals surface area contributed by atoms with Gasteiger partial charge in [-0.05, 0) is 105 Å². The fourth-order valence-electron chi connectivity index (χ4n) is 6.91. The van der Waals surface area contributed by atoms with Crippen LogP contribution in [0.25, 0.3) is 22.0 Å². The summed E-state index contributed by atoms with van der Waals surface area (Å²) in [5, 5.41) is 15.1. The molecule has 8 rings (SSSR count). The third kappa shape index (κ3) is 6.12. The van der Waals surface area contributed by atoms with E-state index in [9.17, 15) is 0 Å². The Labute approximate surface area is 254 Å². The molecule has 4 aliphatic heterocycles. The van der Waals surface area contributed by atoms with Gasteiger partial charge in [0.25, 0.3) is 0 Å². The number of fused-ring (bicyclic) bond motifs is 4. The molecule has 4 saturated heterocycles. The monoisotopic (exact) mass is 579 g/mol. The van der Waals surface area contributed by atoms with E-state index in [0.717, 1.165) is 90.0 Å². The Kier molecular flexibility index (Phi) is 8.04. The second-order valence-electron chi connectivity index (χ2n) is 12.2. The quantitative estimate of drug-likeness (QED) is 0.264. The van der Waals surface area contributed by atoms with Gasteiger partial charge in [-0.1, -0.05) is 12.1 Å². The van der Waals surface area contributed by atoms with E-state index in [2.05, 4.69) is 61.7 Å². The number of anilines is 1. The minimum Gasteiger partial charge on any atom is -0.497 e. The summed E-state index contributed by atoms with van der Waals surface area (Å²) >= 11 is 0. The van der Waals surface area contributed by atoms with Gasteiger partial charge in [-0.25, -0.2) is 0 Å². The molecule has 4 aliphatic rings. The fraction of sp³-hybridized carbons (Fsp3) is 0.429. The van der Waals surface area contributed by atoms with Crippen LogP contribution in [0.2, 0.25) is 0 Å². The summed E-state index contributed by atoms with van der Waals surface area (Å²) < 4.78 is 17.3. The van der Waals surface area contributed by atoms with Gasteiger partial charge in [0.2, 0.25) is 0 Å². The van der Waals surface area contributed by atoms with Crippen LogP contribution in [0.1, 0.15) is 31.2 Å². The first-order chi connectivity index (χ1) is 21.1. The van der Waals surface area contributed by atoms with Crippen molar-refractivity contribution in [3.05, 3.63) is 72.3 Å². The number of benzene rings is 3. The summed E-state index contributed by atoms with van der Waals surface area (Å²) in [7, 11) is 3.37. The number of rotatable bonds is 9. The zero-order valence-electron chi connectivity index (χ0n) is 25.2. The maximum Gasteiger partial charge on any atom is 0.156 e. The molecule has 1 aromatic heterocycles. The van der Waals surface area contributed by atoms with E-state index in [1.165, 1.54) is 31.5 Å². The van der Waals surface area contributed by atoms with Crippen molar-refractivity contribution in [2.75, 3.05) is 52.3 Å². The molecule has 2 bridgehead atoms. The minimum absolute atomic E-state index is 0.337. The smallest absolute Gasteiger partial charge is 0.156 e. The van der Waals surface area contributed by atoms with Crippen molar-refractivity contribution < 1.29 is 14.2 Å². The second kappa shape index (κ2) is 12.4. The SMILES string of the molecule is COc1ccc(-c2nnc(NC3CCN(Cc4ccc(OC5CN6CCC5CC6)cc4)CC3)c3cc(OC)ccc23)cc1. The Morgan fingerprint density at radius 2 is 1.44 bits per heavy atom. The molecule has 8 nitrogen and oxygen atoms in total. The van der Waals surface area contributed by atoms with Crippen LogP contribution < -0.4 is 19.5 Å². The van der Waals surface area contributed by atoms with E-state index < -0.39 is 0 Å². The maximum absolute atomic E-state index is 6.40. The Morgan fingerprint density at radius 3 is 2.12 bits per heavy atom. The molecule has 4 aromatic rings. The molecule has 3 aromatic carbocycles. The molecule has 5 heterocycles. The van der Waals surface area contributed by atoms with Crippen molar-refractivity contribution in [1.82, 2.24) is 20.0 Å².